The first-order chi connectivity index (χ1) is 10.6. The van der Waals surface area contributed by atoms with Gasteiger partial charge in [-0.1, -0.05) is 12.1 Å². The molecule has 0 saturated heterocycles. The normalized spacial score (nSPS) is 11.0. The van der Waals surface area contributed by atoms with Crippen LogP contribution in [-0.2, 0) is 32.0 Å². The minimum atomic E-state index is -0.221. The number of rotatable bonds is 4. The number of carbonyl (C=O) groups is 1. The van der Waals surface area contributed by atoms with Crippen molar-refractivity contribution >= 4 is 16.9 Å². The lowest BCUT2D eigenvalue weighted by Gasteiger charge is -2.06. The highest BCUT2D eigenvalue weighted by molar-refractivity contribution is 5.80. The molecular weight excluding hydrogens is 282 g/mol. The third-order valence-corrected chi connectivity index (χ3v) is 3.72. The van der Waals surface area contributed by atoms with E-state index in [1.807, 2.05) is 42.1 Å². The molecule has 0 bridgehead atoms. The van der Waals surface area contributed by atoms with E-state index in [1.165, 1.54) is 4.57 Å². The number of hydrogen-bond acceptors (Lipinski definition) is 3. The minimum absolute atomic E-state index is 0.00932. The van der Waals surface area contributed by atoms with Gasteiger partial charge in [-0.05, 0) is 12.1 Å². The Morgan fingerprint density at radius 1 is 1.23 bits per heavy atom. The number of amides is 1. The Labute approximate surface area is 126 Å². The highest BCUT2D eigenvalue weighted by atomic mass is 16.2. The third kappa shape index (κ3) is 2.41. The van der Waals surface area contributed by atoms with Gasteiger partial charge in [0.25, 0.3) is 0 Å². The van der Waals surface area contributed by atoms with E-state index in [0.29, 0.717) is 6.54 Å². The highest BCUT2D eigenvalue weighted by Gasteiger charge is 2.13. The van der Waals surface area contributed by atoms with Gasteiger partial charge in [0.05, 0.1) is 17.6 Å². The SMILES string of the molecule is Cn1ccnc1CNC(=O)Cn1c(=O)n(C)c2ccccc21. The van der Waals surface area contributed by atoms with Crippen LogP contribution < -0.4 is 11.0 Å². The zero-order chi connectivity index (χ0) is 15.7. The third-order valence-electron chi connectivity index (χ3n) is 3.72. The predicted octanol–water partition coefficient (Wildman–Crippen LogP) is 0.390. The number of fused-ring (bicyclic) bond motifs is 1. The Morgan fingerprint density at radius 2 is 1.95 bits per heavy atom. The average molecular weight is 299 g/mol. The molecule has 1 aromatic carbocycles. The number of carbonyl (C=O) groups excluding carboxylic acids is 1. The van der Waals surface area contributed by atoms with Crippen LogP contribution in [0.3, 0.4) is 0 Å². The van der Waals surface area contributed by atoms with Gasteiger partial charge in [0.15, 0.2) is 0 Å². The van der Waals surface area contributed by atoms with Crippen molar-refractivity contribution in [1.29, 1.82) is 0 Å². The molecule has 3 rings (SSSR count). The van der Waals surface area contributed by atoms with Gasteiger partial charge in [0.2, 0.25) is 5.91 Å². The second kappa shape index (κ2) is 5.51. The van der Waals surface area contributed by atoms with Gasteiger partial charge < -0.3 is 9.88 Å². The first-order valence-electron chi connectivity index (χ1n) is 6.95. The van der Waals surface area contributed by atoms with Crippen LogP contribution in [0.2, 0.25) is 0 Å². The Balaban J connectivity index is 1.79. The van der Waals surface area contributed by atoms with E-state index in [-0.39, 0.29) is 18.1 Å². The van der Waals surface area contributed by atoms with Crippen molar-refractivity contribution in [2.24, 2.45) is 14.1 Å². The summed E-state index contributed by atoms with van der Waals surface area (Å²) in [4.78, 5) is 28.5. The minimum Gasteiger partial charge on any atom is -0.347 e. The number of aromatic nitrogens is 4. The van der Waals surface area contributed by atoms with Gasteiger partial charge in [-0.2, -0.15) is 0 Å². The maximum Gasteiger partial charge on any atom is 0.329 e. The first-order valence-corrected chi connectivity index (χ1v) is 6.95. The van der Waals surface area contributed by atoms with Crippen molar-refractivity contribution in [1.82, 2.24) is 24.0 Å². The maximum absolute atomic E-state index is 12.2. The summed E-state index contributed by atoms with van der Waals surface area (Å²) in [5.74, 6) is 0.542. The highest BCUT2D eigenvalue weighted by Crippen LogP contribution is 2.11. The van der Waals surface area contributed by atoms with Crippen molar-refractivity contribution in [3.8, 4) is 0 Å². The lowest BCUT2D eigenvalue weighted by molar-refractivity contribution is -0.121. The first kappa shape index (κ1) is 14.1. The van der Waals surface area contributed by atoms with Crippen LogP contribution in [0.25, 0.3) is 11.0 Å². The zero-order valence-corrected chi connectivity index (χ0v) is 12.5. The summed E-state index contributed by atoms with van der Waals surface area (Å²) in [6, 6.07) is 7.42. The van der Waals surface area contributed by atoms with Crippen molar-refractivity contribution in [2.75, 3.05) is 0 Å². The van der Waals surface area contributed by atoms with Crippen LogP contribution in [0, 0.1) is 0 Å². The molecule has 7 nitrogen and oxygen atoms in total. The monoisotopic (exact) mass is 299 g/mol. The molecular formula is C15H17N5O2. The molecule has 22 heavy (non-hydrogen) atoms. The van der Waals surface area contributed by atoms with E-state index in [1.54, 1.807) is 17.8 Å². The van der Waals surface area contributed by atoms with Gasteiger partial charge in [-0.15, -0.1) is 0 Å². The topological polar surface area (TPSA) is 73.8 Å². The fourth-order valence-electron chi connectivity index (χ4n) is 2.46. The number of imidazole rings is 2. The number of aryl methyl sites for hydroxylation is 2. The predicted molar refractivity (Wildman–Crippen MR) is 82.2 cm³/mol. The number of nitrogens with one attached hydrogen (secondary N) is 1. The van der Waals surface area contributed by atoms with Gasteiger partial charge in [-0.3, -0.25) is 13.9 Å². The molecule has 0 atom stereocenters. The van der Waals surface area contributed by atoms with E-state index >= 15 is 0 Å². The smallest absolute Gasteiger partial charge is 0.329 e. The lowest BCUT2D eigenvalue weighted by Crippen LogP contribution is -2.32. The van der Waals surface area contributed by atoms with Gasteiger partial charge in [0, 0.05) is 26.5 Å². The van der Waals surface area contributed by atoms with Crippen LogP contribution >= 0.6 is 0 Å². The van der Waals surface area contributed by atoms with Crippen LogP contribution in [0.15, 0.2) is 41.5 Å². The van der Waals surface area contributed by atoms with E-state index in [9.17, 15) is 9.59 Å². The second-order valence-corrected chi connectivity index (χ2v) is 5.15. The van der Waals surface area contributed by atoms with E-state index in [0.717, 1.165) is 16.9 Å². The van der Waals surface area contributed by atoms with E-state index in [2.05, 4.69) is 10.3 Å². The van der Waals surface area contributed by atoms with E-state index in [4.69, 9.17) is 0 Å². The fraction of sp³-hybridized carbons (Fsp3) is 0.267. The van der Waals surface area contributed by atoms with Gasteiger partial charge in [0.1, 0.15) is 12.4 Å². The van der Waals surface area contributed by atoms with Gasteiger partial charge in [-0.25, -0.2) is 9.78 Å². The molecule has 0 aliphatic carbocycles. The largest absolute Gasteiger partial charge is 0.347 e. The molecule has 0 radical (unpaired) electrons. The molecule has 0 fully saturated rings. The van der Waals surface area contributed by atoms with Crippen molar-refractivity contribution in [3.63, 3.8) is 0 Å². The summed E-state index contributed by atoms with van der Waals surface area (Å²) < 4.78 is 4.86. The summed E-state index contributed by atoms with van der Waals surface area (Å²) >= 11 is 0. The molecule has 0 spiro atoms. The Morgan fingerprint density at radius 3 is 2.64 bits per heavy atom. The molecule has 7 heteroatoms. The van der Waals surface area contributed by atoms with Crippen LogP contribution in [0.4, 0.5) is 0 Å². The quantitative estimate of drug-likeness (QED) is 0.757. The van der Waals surface area contributed by atoms with Gasteiger partial charge >= 0.3 is 5.69 Å². The standard InChI is InChI=1S/C15H17N5O2/c1-18-8-7-16-13(18)9-17-14(21)10-20-12-6-4-3-5-11(12)19(2)15(20)22/h3-8H,9-10H2,1-2H3,(H,17,21). The molecule has 0 unspecified atom stereocenters. The number of nitrogens with zero attached hydrogens (tertiary/aromatic N) is 4. The summed E-state index contributed by atoms with van der Waals surface area (Å²) in [6.07, 6.45) is 3.49. The fourth-order valence-corrected chi connectivity index (χ4v) is 2.46. The van der Waals surface area contributed by atoms with Crippen molar-refractivity contribution < 1.29 is 4.79 Å². The summed E-state index contributed by atoms with van der Waals surface area (Å²) in [5.41, 5.74) is 1.36. The molecule has 0 aliphatic rings. The second-order valence-electron chi connectivity index (χ2n) is 5.15. The molecule has 2 heterocycles. The summed E-state index contributed by atoms with van der Waals surface area (Å²) in [6.45, 7) is 0.326. The molecule has 0 aliphatic heterocycles. The molecule has 114 valence electrons. The Bertz CT molecular complexity index is 887. The molecule has 2 aromatic heterocycles. The van der Waals surface area contributed by atoms with Crippen LogP contribution in [-0.4, -0.2) is 24.6 Å². The summed E-state index contributed by atoms with van der Waals surface area (Å²) in [5, 5.41) is 2.78. The lowest BCUT2D eigenvalue weighted by atomic mass is 10.3. The number of hydrogen-bond donors (Lipinski definition) is 1. The maximum atomic E-state index is 12.2. The summed E-state index contributed by atoms with van der Waals surface area (Å²) in [7, 11) is 3.57. The van der Waals surface area contributed by atoms with Crippen LogP contribution in [0.5, 0.6) is 0 Å². The van der Waals surface area contributed by atoms with E-state index < -0.39 is 0 Å². The average Bonchev–Trinajstić information content (AvgIpc) is 3.03. The molecule has 1 amide bonds. The molecule has 1 N–H and O–H groups in total. The Kier molecular flexibility index (Phi) is 3.54. The van der Waals surface area contributed by atoms with Crippen molar-refractivity contribution in [2.45, 2.75) is 13.1 Å². The number of benzene rings is 1. The Hall–Kier alpha value is -2.83. The molecule has 0 saturated carbocycles. The van der Waals surface area contributed by atoms with Crippen LogP contribution in [0.1, 0.15) is 5.82 Å². The molecule has 3 aromatic rings. The van der Waals surface area contributed by atoms with Crippen molar-refractivity contribution in [3.05, 3.63) is 53.0 Å². The zero-order valence-electron chi connectivity index (χ0n) is 12.5. The number of para-hydroxylation sites is 2.